The zero-order chi connectivity index (χ0) is 13.2. The Morgan fingerprint density at radius 3 is 3.21 bits per heavy atom. The summed E-state index contributed by atoms with van der Waals surface area (Å²) in [6, 6.07) is 4.97. The summed E-state index contributed by atoms with van der Waals surface area (Å²) in [5, 5.41) is 7.15. The zero-order valence-corrected chi connectivity index (χ0v) is 12.9. The van der Waals surface area contributed by atoms with Crippen molar-refractivity contribution >= 4 is 15.9 Å². The highest BCUT2D eigenvalue weighted by Crippen LogP contribution is 2.33. The summed E-state index contributed by atoms with van der Waals surface area (Å²) >= 11 is 3.60. The van der Waals surface area contributed by atoms with Gasteiger partial charge in [-0.1, -0.05) is 22.9 Å². The predicted molar refractivity (Wildman–Crippen MR) is 80.6 cm³/mol. The van der Waals surface area contributed by atoms with E-state index < -0.39 is 0 Å². The molecule has 4 heteroatoms. The van der Waals surface area contributed by atoms with Crippen molar-refractivity contribution in [3.63, 3.8) is 0 Å². The maximum absolute atomic E-state index is 5.78. The van der Waals surface area contributed by atoms with Gasteiger partial charge in [0.2, 0.25) is 0 Å². The normalized spacial score (nSPS) is 26.0. The monoisotopic (exact) mass is 324 g/mol. The first-order chi connectivity index (χ1) is 9.24. The van der Waals surface area contributed by atoms with Crippen molar-refractivity contribution in [3.05, 3.63) is 27.7 Å². The fraction of sp³-hybridized carbons (Fsp3) is 0.600. The second-order valence-corrected chi connectivity index (χ2v) is 6.52. The molecule has 104 valence electrons. The Labute approximate surface area is 123 Å². The summed E-state index contributed by atoms with van der Waals surface area (Å²) in [7, 11) is 0. The van der Waals surface area contributed by atoms with Crippen LogP contribution >= 0.6 is 15.9 Å². The van der Waals surface area contributed by atoms with E-state index in [1.165, 1.54) is 17.5 Å². The molecule has 1 aromatic rings. The quantitative estimate of drug-likeness (QED) is 0.896. The third-order valence-electron chi connectivity index (χ3n) is 4.17. The molecule has 0 aliphatic carbocycles. The minimum atomic E-state index is 0.609. The molecule has 0 saturated carbocycles. The number of hydrogen-bond donors (Lipinski definition) is 2. The minimum absolute atomic E-state index is 0.609. The fourth-order valence-electron chi connectivity index (χ4n) is 3.04. The Hall–Kier alpha value is -0.580. The summed E-state index contributed by atoms with van der Waals surface area (Å²) in [6.07, 6.45) is 2.24. The van der Waals surface area contributed by atoms with Crippen LogP contribution < -0.4 is 15.4 Å². The van der Waals surface area contributed by atoms with E-state index >= 15 is 0 Å². The van der Waals surface area contributed by atoms with Gasteiger partial charge < -0.3 is 15.4 Å². The molecule has 2 heterocycles. The molecule has 1 saturated heterocycles. The Bertz CT molecular complexity index is 464. The first kappa shape index (κ1) is 13.4. The highest BCUT2D eigenvalue weighted by molar-refractivity contribution is 9.10. The van der Waals surface area contributed by atoms with Crippen molar-refractivity contribution in [3.8, 4) is 5.75 Å². The number of nitrogens with one attached hydrogen (secondary N) is 2. The Balaban J connectivity index is 1.70. The summed E-state index contributed by atoms with van der Waals surface area (Å²) in [5.41, 5.74) is 2.62. The van der Waals surface area contributed by atoms with Crippen molar-refractivity contribution in [2.24, 2.45) is 5.92 Å². The van der Waals surface area contributed by atoms with Gasteiger partial charge in [-0.05, 0) is 43.1 Å². The number of fused-ring (bicyclic) bond motifs is 1. The van der Waals surface area contributed by atoms with E-state index in [2.05, 4.69) is 45.6 Å². The molecule has 0 bridgehead atoms. The van der Waals surface area contributed by atoms with Crippen molar-refractivity contribution in [2.45, 2.75) is 32.4 Å². The number of piperidine rings is 1. The van der Waals surface area contributed by atoms with Crippen LogP contribution in [0.25, 0.3) is 0 Å². The maximum Gasteiger partial charge on any atom is 0.127 e. The van der Waals surface area contributed by atoms with Crippen molar-refractivity contribution in [1.82, 2.24) is 10.6 Å². The van der Waals surface area contributed by atoms with Gasteiger partial charge in [-0.3, -0.25) is 0 Å². The SMILES string of the molecule is CC1CNCCC1NCc1cc(Br)cc2c1OCC2. The highest BCUT2D eigenvalue weighted by Gasteiger charge is 2.22. The van der Waals surface area contributed by atoms with Crippen LogP contribution in [-0.4, -0.2) is 25.7 Å². The van der Waals surface area contributed by atoms with Crippen LogP contribution in [0.2, 0.25) is 0 Å². The molecule has 2 aliphatic heterocycles. The summed E-state index contributed by atoms with van der Waals surface area (Å²) < 4.78 is 6.94. The summed E-state index contributed by atoms with van der Waals surface area (Å²) in [6.45, 7) is 6.27. The number of hydrogen-bond acceptors (Lipinski definition) is 3. The number of halogens is 1. The van der Waals surface area contributed by atoms with Gasteiger partial charge in [-0.2, -0.15) is 0 Å². The molecule has 2 unspecified atom stereocenters. The van der Waals surface area contributed by atoms with E-state index in [1.807, 2.05) is 0 Å². The van der Waals surface area contributed by atoms with Crippen LogP contribution in [0.5, 0.6) is 5.75 Å². The van der Waals surface area contributed by atoms with Gasteiger partial charge in [0.1, 0.15) is 5.75 Å². The lowest BCUT2D eigenvalue weighted by Gasteiger charge is -2.30. The fourth-order valence-corrected chi connectivity index (χ4v) is 3.59. The van der Waals surface area contributed by atoms with Crippen LogP contribution in [0.3, 0.4) is 0 Å². The van der Waals surface area contributed by atoms with Gasteiger partial charge in [-0.25, -0.2) is 0 Å². The van der Waals surface area contributed by atoms with Gasteiger partial charge in [0.15, 0.2) is 0 Å². The van der Waals surface area contributed by atoms with Crippen LogP contribution in [0.1, 0.15) is 24.5 Å². The third-order valence-corrected chi connectivity index (χ3v) is 4.62. The second kappa shape index (κ2) is 5.81. The van der Waals surface area contributed by atoms with E-state index in [9.17, 15) is 0 Å². The second-order valence-electron chi connectivity index (χ2n) is 5.61. The molecular weight excluding hydrogens is 304 g/mol. The molecule has 0 spiro atoms. The highest BCUT2D eigenvalue weighted by atomic mass is 79.9. The molecule has 3 nitrogen and oxygen atoms in total. The summed E-state index contributed by atoms with van der Waals surface area (Å²) in [4.78, 5) is 0. The molecule has 19 heavy (non-hydrogen) atoms. The molecule has 0 aromatic heterocycles. The van der Waals surface area contributed by atoms with Crippen LogP contribution in [-0.2, 0) is 13.0 Å². The van der Waals surface area contributed by atoms with Gasteiger partial charge >= 0.3 is 0 Å². The third kappa shape index (κ3) is 2.96. The Morgan fingerprint density at radius 2 is 2.37 bits per heavy atom. The van der Waals surface area contributed by atoms with E-state index in [4.69, 9.17) is 4.74 Å². The largest absolute Gasteiger partial charge is 0.493 e. The van der Waals surface area contributed by atoms with Crippen LogP contribution in [0, 0.1) is 5.92 Å². The molecule has 2 aliphatic rings. The van der Waals surface area contributed by atoms with E-state index in [-0.39, 0.29) is 0 Å². The Kier molecular flexibility index (Phi) is 4.10. The zero-order valence-electron chi connectivity index (χ0n) is 11.3. The molecular formula is C15H21BrN2O. The minimum Gasteiger partial charge on any atom is -0.493 e. The predicted octanol–water partition coefficient (Wildman–Crippen LogP) is 2.47. The van der Waals surface area contributed by atoms with Crippen LogP contribution in [0.15, 0.2) is 16.6 Å². The van der Waals surface area contributed by atoms with Gasteiger partial charge in [-0.15, -0.1) is 0 Å². The summed E-state index contributed by atoms with van der Waals surface area (Å²) in [5.74, 6) is 1.80. The molecule has 1 fully saturated rings. The topological polar surface area (TPSA) is 33.3 Å². The number of ether oxygens (including phenoxy) is 1. The molecule has 2 atom stereocenters. The number of benzene rings is 1. The van der Waals surface area contributed by atoms with Crippen LogP contribution in [0.4, 0.5) is 0 Å². The van der Waals surface area contributed by atoms with Crippen molar-refractivity contribution in [1.29, 1.82) is 0 Å². The maximum atomic E-state index is 5.78. The average molecular weight is 325 g/mol. The lowest BCUT2D eigenvalue weighted by Crippen LogP contribution is -2.46. The lowest BCUT2D eigenvalue weighted by atomic mass is 9.95. The molecule has 0 amide bonds. The smallest absolute Gasteiger partial charge is 0.127 e. The molecule has 2 N–H and O–H groups in total. The van der Waals surface area contributed by atoms with Crippen molar-refractivity contribution < 1.29 is 4.74 Å². The Morgan fingerprint density at radius 1 is 1.47 bits per heavy atom. The van der Waals surface area contributed by atoms with Gasteiger partial charge in [0, 0.05) is 29.0 Å². The molecule has 1 aromatic carbocycles. The first-order valence-electron chi connectivity index (χ1n) is 7.12. The lowest BCUT2D eigenvalue weighted by molar-refractivity contribution is 0.293. The van der Waals surface area contributed by atoms with Gasteiger partial charge in [0.05, 0.1) is 6.61 Å². The molecule has 3 rings (SSSR count). The average Bonchev–Trinajstić information content (AvgIpc) is 2.85. The molecule has 0 radical (unpaired) electrons. The van der Waals surface area contributed by atoms with E-state index in [0.717, 1.165) is 42.9 Å². The van der Waals surface area contributed by atoms with Crippen molar-refractivity contribution in [2.75, 3.05) is 19.7 Å². The first-order valence-corrected chi connectivity index (χ1v) is 7.91. The van der Waals surface area contributed by atoms with E-state index in [0.29, 0.717) is 12.0 Å². The van der Waals surface area contributed by atoms with Gasteiger partial charge in [0.25, 0.3) is 0 Å². The van der Waals surface area contributed by atoms with E-state index in [1.54, 1.807) is 0 Å². The number of rotatable bonds is 3. The standard InChI is InChI=1S/C15H21BrN2O/c1-10-8-17-4-2-14(10)18-9-12-7-13(16)6-11-3-5-19-15(11)12/h6-7,10,14,17-18H,2-5,8-9H2,1H3.